The molecule has 0 atom stereocenters. The molecule has 0 aliphatic carbocycles. The monoisotopic (exact) mass is 567 g/mol. The first-order valence-corrected chi connectivity index (χ1v) is 13.9. The van der Waals surface area contributed by atoms with Crippen LogP contribution in [-0.4, -0.2) is 51.3 Å². The molecule has 9 nitrogen and oxygen atoms in total. The average molecular weight is 568 g/mol. The van der Waals surface area contributed by atoms with Crippen LogP contribution in [-0.2, 0) is 16.1 Å². The number of piperidine rings is 1. The molecule has 2 N–H and O–H groups in total. The Morgan fingerprint density at radius 2 is 1.75 bits per heavy atom. The Hall–Kier alpha value is -3.59. The van der Waals surface area contributed by atoms with Crippen LogP contribution in [0.15, 0.2) is 42.6 Å². The molecule has 0 bridgehead atoms. The van der Waals surface area contributed by atoms with E-state index in [0.29, 0.717) is 35.9 Å². The first kappa shape index (κ1) is 29.4. The summed E-state index contributed by atoms with van der Waals surface area (Å²) >= 11 is 6.38. The van der Waals surface area contributed by atoms with Crippen molar-refractivity contribution in [1.29, 1.82) is 0 Å². The lowest BCUT2D eigenvalue weighted by atomic mass is 9.95. The summed E-state index contributed by atoms with van der Waals surface area (Å²) in [6.45, 7) is 12.6. The molecule has 1 aliphatic rings. The van der Waals surface area contributed by atoms with Crippen LogP contribution < -0.4 is 10.6 Å². The highest BCUT2D eigenvalue weighted by molar-refractivity contribution is 6.34. The summed E-state index contributed by atoms with van der Waals surface area (Å²) in [5.41, 5.74) is 1.59. The van der Waals surface area contributed by atoms with Gasteiger partial charge in [0.1, 0.15) is 5.60 Å². The molecule has 214 valence electrons. The Balaban J connectivity index is 1.46. The Morgan fingerprint density at radius 1 is 1.05 bits per heavy atom. The number of amides is 3. The summed E-state index contributed by atoms with van der Waals surface area (Å²) in [6.07, 6.45) is 2.97. The normalized spacial score (nSPS) is 14.7. The van der Waals surface area contributed by atoms with E-state index in [1.165, 1.54) is 0 Å². The number of halogens is 1. The molecule has 1 fully saturated rings. The standard InChI is InChI=1S/C30H38ClN5O4/c1-29(2,3)27(38)32-17-19-10-11-23(31)21(16-19)26(37)34-24-8-7-9-25-22(24)18-33-36(25)20-12-14-35(15-13-20)28(39)40-30(4,5)6/h7-11,16,18,20H,12-15,17H2,1-6H3,(H,32,38)(H,34,37). The Kier molecular flexibility index (Phi) is 8.44. The summed E-state index contributed by atoms with van der Waals surface area (Å²) in [4.78, 5) is 39.7. The van der Waals surface area contributed by atoms with Crippen LogP contribution in [0.3, 0.4) is 0 Å². The van der Waals surface area contributed by atoms with Crippen molar-refractivity contribution in [2.24, 2.45) is 5.41 Å². The number of anilines is 1. The minimum Gasteiger partial charge on any atom is -0.444 e. The highest BCUT2D eigenvalue weighted by Crippen LogP contribution is 2.31. The predicted molar refractivity (Wildman–Crippen MR) is 157 cm³/mol. The van der Waals surface area contributed by atoms with Crippen LogP contribution in [0.2, 0.25) is 5.02 Å². The van der Waals surface area contributed by atoms with Crippen LogP contribution in [0, 0.1) is 5.41 Å². The van der Waals surface area contributed by atoms with Gasteiger partial charge in [-0.1, -0.05) is 44.5 Å². The quantitative estimate of drug-likeness (QED) is 0.383. The zero-order valence-corrected chi connectivity index (χ0v) is 24.8. The summed E-state index contributed by atoms with van der Waals surface area (Å²) in [5.74, 6) is -0.424. The molecule has 1 aromatic heterocycles. The number of nitrogens with zero attached hydrogens (tertiary/aromatic N) is 3. The van der Waals surface area contributed by atoms with Crippen molar-refractivity contribution in [2.45, 2.75) is 72.6 Å². The summed E-state index contributed by atoms with van der Waals surface area (Å²) < 4.78 is 7.49. The fourth-order valence-electron chi connectivity index (χ4n) is 4.58. The Morgan fingerprint density at radius 3 is 2.40 bits per heavy atom. The van der Waals surface area contributed by atoms with Gasteiger partial charge in [0.25, 0.3) is 5.91 Å². The minimum atomic E-state index is -0.527. The van der Waals surface area contributed by atoms with Gasteiger partial charge in [-0.2, -0.15) is 5.10 Å². The summed E-state index contributed by atoms with van der Waals surface area (Å²) in [5, 5.41) is 11.7. The number of rotatable bonds is 5. The van der Waals surface area contributed by atoms with Gasteiger partial charge in [-0.3, -0.25) is 14.3 Å². The van der Waals surface area contributed by atoms with Crippen LogP contribution in [0.1, 0.15) is 76.3 Å². The van der Waals surface area contributed by atoms with E-state index in [4.69, 9.17) is 16.3 Å². The third kappa shape index (κ3) is 6.94. The molecule has 0 spiro atoms. The lowest BCUT2D eigenvalue weighted by Crippen LogP contribution is -2.42. The number of carbonyl (C=O) groups excluding carboxylic acids is 3. The molecule has 1 saturated heterocycles. The second kappa shape index (κ2) is 11.5. The van der Waals surface area contributed by atoms with Gasteiger partial charge in [-0.05, 0) is 63.4 Å². The van der Waals surface area contributed by atoms with Crippen molar-refractivity contribution in [3.8, 4) is 0 Å². The molecule has 0 saturated carbocycles. The van der Waals surface area contributed by atoms with Crippen LogP contribution in [0.4, 0.5) is 10.5 Å². The third-order valence-electron chi connectivity index (χ3n) is 6.76. The molecule has 2 heterocycles. The lowest BCUT2D eigenvalue weighted by molar-refractivity contribution is -0.128. The van der Waals surface area contributed by atoms with Gasteiger partial charge in [0.15, 0.2) is 0 Å². The number of hydrogen-bond donors (Lipinski definition) is 2. The molecule has 3 amide bonds. The van der Waals surface area contributed by atoms with Crippen molar-refractivity contribution < 1.29 is 19.1 Å². The lowest BCUT2D eigenvalue weighted by Gasteiger charge is -2.33. The highest BCUT2D eigenvalue weighted by atomic mass is 35.5. The number of ether oxygens (including phenoxy) is 1. The fourth-order valence-corrected chi connectivity index (χ4v) is 4.79. The van der Waals surface area contributed by atoms with Gasteiger partial charge < -0.3 is 20.3 Å². The molecular weight excluding hydrogens is 530 g/mol. The smallest absolute Gasteiger partial charge is 0.410 e. The van der Waals surface area contributed by atoms with Gasteiger partial charge in [-0.25, -0.2) is 4.79 Å². The number of hydrogen-bond acceptors (Lipinski definition) is 5. The molecule has 1 aliphatic heterocycles. The predicted octanol–water partition coefficient (Wildman–Crippen LogP) is 6.18. The van der Waals surface area contributed by atoms with Gasteiger partial charge >= 0.3 is 6.09 Å². The largest absolute Gasteiger partial charge is 0.444 e. The van der Waals surface area contributed by atoms with E-state index >= 15 is 0 Å². The van der Waals surface area contributed by atoms with Crippen LogP contribution in [0.25, 0.3) is 10.9 Å². The molecule has 0 unspecified atom stereocenters. The van der Waals surface area contributed by atoms with E-state index in [1.54, 1.807) is 29.3 Å². The van der Waals surface area contributed by atoms with E-state index in [-0.39, 0.29) is 23.9 Å². The SMILES string of the molecule is CC(C)(C)OC(=O)N1CCC(n2ncc3c(NC(=O)c4cc(CNC(=O)C(C)(C)C)ccc4Cl)cccc32)CC1. The number of nitrogens with one attached hydrogen (secondary N) is 2. The highest BCUT2D eigenvalue weighted by Gasteiger charge is 2.29. The molecule has 3 aromatic rings. The zero-order chi connectivity index (χ0) is 29.2. The van der Waals surface area contributed by atoms with Crippen molar-refractivity contribution >= 4 is 46.1 Å². The first-order valence-electron chi connectivity index (χ1n) is 13.5. The minimum absolute atomic E-state index is 0.0762. The second-order valence-corrected chi connectivity index (χ2v) is 12.6. The van der Waals surface area contributed by atoms with Crippen LogP contribution >= 0.6 is 11.6 Å². The second-order valence-electron chi connectivity index (χ2n) is 12.2. The molecule has 40 heavy (non-hydrogen) atoms. The number of likely N-dealkylation sites (tertiary alicyclic amines) is 1. The molecule has 0 radical (unpaired) electrons. The van der Waals surface area contributed by atoms with E-state index in [2.05, 4.69) is 15.7 Å². The first-order chi connectivity index (χ1) is 18.7. The van der Waals surface area contributed by atoms with Gasteiger partial charge in [0, 0.05) is 30.4 Å². The molecule has 2 aromatic carbocycles. The third-order valence-corrected chi connectivity index (χ3v) is 7.09. The Labute approximate surface area is 240 Å². The van der Waals surface area contributed by atoms with Crippen molar-refractivity contribution in [3.05, 3.63) is 58.7 Å². The summed E-state index contributed by atoms with van der Waals surface area (Å²) in [6, 6.07) is 11.0. The maximum atomic E-state index is 13.3. The van der Waals surface area contributed by atoms with Gasteiger partial charge in [0.05, 0.1) is 34.0 Å². The molecule has 4 rings (SSSR count). The Bertz CT molecular complexity index is 1410. The van der Waals surface area contributed by atoms with Gasteiger partial charge in [-0.15, -0.1) is 0 Å². The van der Waals surface area contributed by atoms with E-state index < -0.39 is 11.0 Å². The van der Waals surface area contributed by atoms with E-state index in [9.17, 15) is 14.4 Å². The maximum absolute atomic E-state index is 13.3. The maximum Gasteiger partial charge on any atom is 0.410 e. The number of carbonyl (C=O) groups is 3. The van der Waals surface area contributed by atoms with E-state index in [1.807, 2.05) is 64.4 Å². The number of fused-ring (bicyclic) bond motifs is 1. The molecule has 10 heteroatoms. The van der Waals surface area contributed by atoms with Crippen molar-refractivity contribution in [3.63, 3.8) is 0 Å². The molecular formula is C30H38ClN5O4. The summed E-state index contributed by atoms with van der Waals surface area (Å²) in [7, 11) is 0. The average Bonchev–Trinajstić information content (AvgIpc) is 3.31. The van der Waals surface area contributed by atoms with Gasteiger partial charge in [0.2, 0.25) is 5.91 Å². The number of aromatic nitrogens is 2. The fraction of sp³-hybridized carbons (Fsp3) is 0.467. The number of benzene rings is 2. The van der Waals surface area contributed by atoms with Crippen molar-refractivity contribution in [2.75, 3.05) is 18.4 Å². The van der Waals surface area contributed by atoms with Crippen LogP contribution in [0.5, 0.6) is 0 Å². The zero-order valence-electron chi connectivity index (χ0n) is 24.0. The van der Waals surface area contributed by atoms with Crippen molar-refractivity contribution in [1.82, 2.24) is 20.0 Å². The topological polar surface area (TPSA) is 106 Å². The van der Waals surface area contributed by atoms with E-state index in [0.717, 1.165) is 29.3 Å².